The van der Waals surface area contributed by atoms with Gasteiger partial charge in [0.05, 0.1) is 18.9 Å². The van der Waals surface area contributed by atoms with E-state index in [1.54, 1.807) is 25.3 Å². The Labute approximate surface area is 136 Å². The zero-order chi connectivity index (χ0) is 15.9. The van der Waals surface area contributed by atoms with Crippen molar-refractivity contribution in [3.8, 4) is 5.75 Å². The Balaban J connectivity index is 1.71. The molecule has 0 aliphatic heterocycles. The Morgan fingerprint density at radius 1 is 1.45 bits per heavy atom. The molecule has 0 radical (unpaired) electrons. The summed E-state index contributed by atoms with van der Waals surface area (Å²) in [4.78, 5) is 11.8. The summed E-state index contributed by atoms with van der Waals surface area (Å²) in [5.41, 5.74) is 0.772. The molecule has 6 heteroatoms. The molecule has 0 heterocycles. The van der Waals surface area contributed by atoms with Crippen molar-refractivity contribution < 1.29 is 14.6 Å². The molecule has 1 aliphatic rings. The number of anilines is 1. The maximum Gasteiger partial charge on any atom is 0.221 e. The number of ether oxygens (including phenoxy) is 1. The summed E-state index contributed by atoms with van der Waals surface area (Å²) in [5.74, 6) is 0.872. The van der Waals surface area contributed by atoms with Gasteiger partial charge in [-0.25, -0.2) is 0 Å². The van der Waals surface area contributed by atoms with Gasteiger partial charge in [0, 0.05) is 30.5 Å². The van der Waals surface area contributed by atoms with Crippen LogP contribution in [0.2, 0.25) is 5.02 Å². The molecule has 1 aromatic rings. The van der Waals surface area contributed by atoms with Gasteiger partial charge in [-0.1, -0.05) is 18.0 Å². The average molecular weight is 327 g/mol. The molecule has 1 aromatic carbocycles. The second kappa shape index (κ2) is 8.25. The number of aliphatic hydroxyl groups excluding tert-OH is 1. The molecule has 3 N–H and O–H groups in total. The summed E-state index contributed by atoms with van der Waals surface area (Å²) in [5, 5.41) is 16.4. The Hall–Kier alpha value is -1.46. The summed E-state index contributed by atoms with van der Waals surface area (Å²) in [6, 6.07) is 5.31. The van der Waals surface area contributed by atoms with Crippen molar-refractivity contribution in [2.45, 2.75) is 31.8 Å². The third-order valence-corrected chi connectivity index (χ3v) is 4.24. The number of aliphatic hydroxyl groups is 1. The largest absolute Gasteiger partial charge is 0.495 e. The van der Waals surface area contributed by atoms with Crippen LogP contribution in [0.3, 0.4) is 0 Å². The van der Waals surface area contributed by atoms with E-state index in [9.17, 15) is 9.90 Å². The Morgan fingerprint density at radius 2 is 2.27 bits per heavy atom. The maximum atomic E-state index is 11.8. The summed E-state index contributed by atoms with van der Waals surface area (Å²) in [6.45, 7) is 1.05. The monoisotopic (exact) mass is 326 g/mol. The van der Waals surface area contributed by atoms with E-state index in [0.29, 0.717) is 30.3 Å². The summed E-state index contributed by atoms with van der Waals surface area (Å²) in [6.07, 6.45) is 2.96. The molecule has 22 heavy (non-hydrogen) atoms. The van der Waals surface area contributed by atoms with Crippen molar-refractivity contribution in [2.24, 2.45) is 5.92 Å². The van der Waals surface area contributed by atoms with Crippen molar-refractivity contribution >= 4 is 23.2 Å². The fraction of sp³-hybridized carbons (Fsp3) is 0.562. The fourth-order valence-electron chi connectivity index (χ4n) is 2.72. The Morgan fingerprint density at radius 3 is 2.95 bits per heavy atom. The average Bonchev–Trinajstić information content (AvgIpc) is 2.91. The number of nitrogens with one attached hydrogen (secondary N) is 2. The Bertz CT molecular complexity index is 510. The summed E-state index contributed by atoms with van der Waals surface area (Å²) in [7, 11) is 1.59. The maximum absolute atomic E-state index is 11.8. The molecule has 1 amide bonds. The van der Waals surface area contributed by atoms with Crippen LogP contribution in [0, 0.1) is 5.92 Å². The predicted octanol–water partition coefficient (Wildman–Crippen LogP) is 2.43. The minimum atomic E-state index is -0.269. The molecule has 5 nitrogen and oxygen atoms in total. The van der Waals surface area contributed by atoms with Crippen LogP contribution in [-0.4, -0.2) is 37.3 Å². The molecule has 0 bridgehead atoms. The lowest BCUT2D eigenvalue weighted by Gasteiger charge is -2.15. The van der Waals surface area contributed by atoms with Crippen LogP contribution < -0.4 is 15.4 Å². The van der Waals surface area contributed by atoms with Gasteiger partial charge in [-0.05, 0) is 31.0 Å². The molecule has 2 rings (SSSR count). The van der Waals surface area contributed by atoms with E-state index < -0.39 is 0 Å². The van der Waals surface area contributed by atoms with E-state index in [1.807, 2.05) is 0 Å². The first-order valence-electron chi connectivity index (χ1n) is 7.62. The van der Waals surface area contributed by atoms with Gasteiger partial charge in [0.1, 0.15) is 5.75 Å². The number of carbonyl (C=O) groups excluding carboxylic acids is 1. The molecule has 1 aliphatic carbocycles. The van der Waals surface area contributed by atoms with E-state index in [0.717, 1.165) is 24.9 Å². The highest BCUT2D eigenvalue weighted by molar-refractivity contribution is 6.30. The zero-order valence-corrected chi connectivity index (χ0v) is 13.5. The lowest BCUT2D eigenvalue weighted by Crippen LogP contribution is -2.33. The summed E-state index contributed by atoms with van der Waals surface area (Å²) >= 11 is 5.95. The molecule has 0 spiro atoms. The number of amides is 1. The first-order valence-corrected chi connectivity index (χ1v) is 8.00. The van der Waals surface area contributed by atoms with E-state index in [-0.39, 0.29) is 17.9 Å². The highest BCUT2D eigenvalue weighted by atomic mass is 35.5. The van der Waals surface area contributed by atoms with Crippen LogP contribution in [0.25, 0.3) is 0 Å². The SMILES string of the molecule is COc1ccc(Cl)cc1NCCC(=O)NCC1CCCC1O. The van der Waals surface area contributed by atoms with E-state index in [4.69, 9.17) is 16.3 Å². The first kappa shape index (κ1) is 16.9. The Kier molecular flexibility index (Phi) is 6.34. The van der Waals surface area contributed by atoms with Crippen molar-refractivity contribution in [1.82, 2.24) is 5.32 Å². The lowest BCUT2D eigenvalue weighted by atomic mass is 10.1. The highest BCUT2D eigenvalue weighted by Gasteiger charge is 2.25. The predicted molar refractivity (Wildman–Crippen MR) is 87.5 cm³/mol. The van der Waals surface area contributed by atoms with Crippen molar-refractivity contribution in [2.75, 3.05) is 25.5 Å². The van der Waals surface area contributed by atoms with Gasteiger partial charge in [0.25, 0.3) is 0 Å². The van der Waals surface area contributed by atoms with E-state index >= 15 is 0 Å². The van der Waals surface area contributed by atoms with Crippen LogP contribution >= 0.6 is 11.6 Å². The van der Waals surface area contributed by atoms with Gasteiger partial charge < -0.3 is 20.5 Å². The molecule has 1 fully saturated rings. The smallest absolute Gasteiger partial charge is 0.221 e. The van der Waals surface area contributed by atoms with Crippen LogP contribution in [0.4, 0.5) is 5.69 Å². The highest BCUT2D eigenvalue weighted by Crippen LogP contribution is 2.27. The molecule has 0 aromatic heterocycles. The van der Waals surface area contributed by atoms with Crippen LogP contribution in [0.1, 0.15) is 25.7 Å². The first-order chi connectivity index (χ1) is 10.6. The van der Waals surface area contributed by atoms with Crippen LogP contribution in [-0.2, 0) is 4.79 Å². The normalized spacial score (nSPS) is 20.7. The molecule has 1 saturated carbocycles. The standard InChI is InChI=1S/C16H23ClN2O3/c1-22-15-6-5-12(17)9-13(15)18-8-7-16(21)19-10-11-3-2-4-14(11)20/h5-6,9,11,14,18,20H,2-4,7-8,10H2,1H3,(H,19,21). The topological polar surface area (TPSA) is 70.6 Å². The zero-order valence-electron chi connectivity index (χ0n) is 12.8. The molecular weight excluding hydrogens is 304 g/mol. The van der Waals surface area contributed by atoms with Crippen LogP contribution in [0.5, 0.6) is 5.75 Å². The molecule has 2 atom stereocenters. The minimum Gasteiger partial charge on any atom is -0.495 e. The molecular formula is C16H23ClN2O3. The molecule has 2 unspecified atom stereocenters. The number of rotatable bonds is 7. The van der Waals surface area contributed by atoms with Crippen LogP contribution in [0.15, 0.2) is 18.2 Å². The van der Waals surface area contributed by atoms with Gasteiger partial charge in [-0.15, -0.1) is 0 Å². The number of methoxy groups -OCH3 is 1. The molecule has 0 saturated heterocycles. The summed E-state index contributed by atoms with van der Waals surface area (Å²) < 4.78 is 5.24. The second-order valence-corrected chi connectivity index (χ2v) is 6.02. The number of carbonyl (C=O) groups is 1. The van der Waals surface area contributed by atoms with Gasteiger partial charge in [0.2, 0.25) is 5.91 Å². The van der Waals surface area contributed by atoms with Crippen molar-refractivity contribution in [1.29, 1.82) is 0 Å². The number of hydrogen-bond acceptors (Lipinski definition) is 4. The van der Waals surface area contributed by atoms with Gasteiger partial charge >= 0.3 is 0 Å². The quantitative estimate of drug-likeness (QED) is 0.719. The van der Waals surface area contributed by atoms with Crippen molar-refractivity contribution in [3.63, 3.8) is 0 Å². The minimum absolute atomic E-state index is 0.0207. The van der Waals surface area contributed by atoms with E-state index in [2.05, 4.69) is 10.6 Å². The van der Waals surface area contributed by atoms with Gasteiger partial charge in [0.15, 0.2) is 0 Å². The van der Waals surface area contributed by atoms with Gasteiger partial charge in [-0.2, -0.15) is 0 Å². The number of benzene rings is 1. The van der Waals surface area contributed by atoms with Gasteiger partial charge in [-0.3, -0.25) is 4.79 Å². The third-order valence-electron chi connectivity index (χ3n) is 4.01. The molecule has 122 valence electrons. The van der Waals surface area contributed by atoms with Crippen molar-refractivity contribution in [3.05, 3.63) is 23.2 Å². The number of halogens is 1. The second-order valence-electron chi connectivity index (χ2n) is 5.58. The fourth-order valence-corrected chi connectivity index (χ4v) is 2.89. The number of hydrogen-bond donors (Lipinski definition) is 3. The third kappa shape index (κ3) is 4.78. The lowest BCUT2D eigenvalue weighted by molar-refractivity contribution is -0.121. The van der Waals surface area contributed by atoms with E-state index in [1.165, 1.54) is 0 Å².